The van der Waals surface area contributed by atoms with Crippen LogP contribution in [0.3, 0.4) is 0 Å². The van der Waals surface area contributed by atoms with Crippen LogP contribution in [0.15, 0.2) is 24.3 Å². The topological polar surface area (TPSA) is 17.1 Å². The summed E-state index contributed by atoms with van der Waals surface area (Å²) in [6, 6.07) is 8.09. The second kappa shape index (κ2) is 6.58. The van der Waals surface area contributed by atoms with Crippen LogP contribution in [-0.4, -0.2) is 5.78 Å². The molecule has 1 nitrogen and oxygen atoms in total. The Morgan fingerprint density at radius 3 is 2.00 bits per heavy atom. The maximum atomic E-state index is 12.1. The molecule has 0 bridgehead atoms. The monoisotopic (exact) mass is 232 g/mol. The average Bonchev–Trinajstić information content (AvgIpc) is 2.35. The summed E-state index contributed by atoms with van der Waals surface area (Å²) in [5.74, 6) is 1.35. The molecule has 17 heavy (non-hydrogen) atoms. The van der Waals surface area contributed by atoms with Gasteiger partial charge in [0.25, 0.3) is 0 Å². The van der Waals surface area contributed by atoms with Gasteiger partial charge in [-0.05, 0) is 17.4 Å². The van der Waals surface area contributed by atoms with Crippen LogP contribution in [0.5, 0.6) is 0 Å². The highest BCUT2D eigenvalue weighted by Crippen LogP contribution is 2.19. The van der Waals surface area contributed by atoms with Gasteiger partial charge in [-0.3, -0.25) is 4.79 Å². The first-order valence-corrected chi connectivity index (χ1v) is 6.71. The van der Waals surface area contributed by atoms with Crippen LogP contribution in [0, 0.1) is 5.92 Å². The number of rotatable bonds is 6. The van der Waals surface area contributed by atoms with Gasteiger partial charge in [-0.1, -0.05) is 64.8 Å². The number of ketones is 1. The number of hydrogen-bond acceptors (Lipinski definition) is 1. The minimum absolute atomic E-state index is 0.286. The molecule has 0 aliphatic heterocycles. The summed E-state index contributed by atoms with van der Waals surface area (Å²) in [5, 5.41) is 0. The molecule has 0 N–H and O–H groups in total. The van der Waals surface area contributed by atoms with E-state index < -0.39 is 0 Å². The van der Waals surface area contributed by atoms with Crippen molar-refractivity contribution in [3.63, 3.8) is 0 Å². The van der Waals surface area contributed by atoms with Crippen LogP contribution in [-0.2, 0) is 0 Å². The first kappa shape index (κ1) is 14.0. The molecule has 0 aliphatic carbocycles. The molecule has 0 atom stereocenters. The molecule has 1 aromatic carbocycles. The Balaban J connectivity index is 2.69. The average molecular weight is 232 g/mol. The Morgan fingerprint density at radius 1 is 1.06 bits per heavy atom. The van der Waals surface area contributed by atoms with E-state index in [0.29, 0.717) is 18.3 Å². The summed E-state index contributed by atoms with van der Waals surface area (Å²) in [6.07, 6.45) is 2.87. The van der Waals surface area contributed by atoms with E-state index in [1.165, 1.54) is 5.56 Å². The van der Waals surface area contributed by atoms with E-state index >= 15 is 0 Å². The van der Waals surface area contributed by atoms with Crippen LogP contribution < -0.4 is 0 Å². The van der Waals surface area contributed by atoms with Crippen LogP contribution in [0.4, 0.5) is 0 Å². The zero-order valence-electron chi connectivity index (χ0n) is 11.5. The summed E-state index contributed by atoms with van der Waals surface area (Å²) in [6.45, 7) is 8.65. The zero-order chi connectivity index (χ0) is 12.8. The molecule has 1 aromatic rings. The SMILES string of the molecule is CCC(CC)CC(=O)c1ccc(C(C)C)cc1. The van der Waals surface area contributed by atoms with Crippen molar-refractivity contribution in [3.8, 4) is 0 Å². The predicted octanol–water partition coefficient (Wildman–Crippen LogP) is 4.82. The predicted molar refractivity (Wildman–Crippen MR) is 73.6 cm³/mol. The lowest BCUT2D eigenvalue weighted by atomic mass is 9.93. The van der Waals surface area contributed by atoms with E-state index in [4.69, 9.17) is 0 Å². The van der Waals surface area contributed by atoms with E-state index in [-0.39, 0.29) is 5.78 Å². The summed E-state index contributed by atoms with van der Waals surface area (Å²) in [7, 11) is 0. The van der Waals surface area contributed by atoms with Crippen molar-refractivity contribution in [2.45, 2.75) is 52.9 Å². The van der Waals surface area contributed by atoms with Gasteiger partial charge in [0.2, 0.25) is 0 Å². The molecule has 0 aromatic heterocycles. The fraction of sp³-hybridized carbons (Fsp3) is 0.562. The largest absolute Gasteiger partial charge is 0.294 e. The van der Waals surface area contributed by atoms with Gasteiger partial charge in [-0.2, -0.15) is 0 Å². The molecule has 0 amide bonds. The third-order valence-corrected chi connectivity index (χ3v) is 3.53. The zero-order valence-corrected chi connectivity index (χ0v) is 11.5. The fourth-order valence-electron chi connectivity index (χ4n) is 2.01. The molecule has 0 heterocycles. The molecule has 0 fully saturated rings. The van der Waals surface area contributed by atoms with E-state index in [1.807, 2.05) is 12.1 Å². The molecule has 0 unspecified atom stereocenters. The first-order chi connectivity index (χ1) is 8.08. The lowest BCUT2D eigenvalue weighted by molar-refractivity contribution is 0.0958. The van der Waals surface area contributed by atoms with Crippen LogP contribution in [0.2, 0.25) is 0 Å². The van der Waals surface area contributed by atoms with Crippen molar-refractivity contribution in [2.75, 3.05) is 0 Å². The second-order valence-corrected chi connectivity index (χ2v) is 5.09. The van der Waals surface area contributed by atoms with Crippen LogP contribution >= 0.6 is 0 Å². The molecule has 0 radical (unpaired) electrons. The molecule has 1 rings (SSSR count). The molecule has 0 aliphatic rings. The van der Waals surface area contributed by atoms with Gasteiger partial charge < -0.3 is 0 Å². The number of Topliss-reactive ketones (excluding diaryl/α,β-unsaturated/α-hetero) is 1. The molecular weight excluding hydrogens is 208 g/mol. The third kappa shape index (κ3) is 3.99. The highest BCUT2D eigenvalue weighted by Gasteiger charge is 2.12. The quantitative estimate of drug-likeness (QED) is 0.643. The van der Waals surface area contributed by atoms with Crippen molar-refractivity contribution in [1.29, 1.82) is 0 Å². The molecule has 0 saturated heterocycles. The summed E-state index contributed by atoms with van der Waals surface area (Å²) < 4.78 is 0. The van der Waals surface area contributed by atoms with Crippen LogP contribution in [0.25, 0.3) is 0 Å². The second-order valence-electron chi connectivity index (χ2n) is 5.09. The molecule has 94 valence electrons. The summed E-state index contributed by atoms with van der Waals surface area (Å²) in [4.78, 5) is 12.1. The molecular formula is C16H24O. The molecule has 0 spiro atoms. The lowest BCUT2D eigenvalue weighted by Crippen LogP contribution is -2.07. The number of hydrogen-bond donors (Lipinski definition) is 0. The van der Waals surface area contributed by atoms with Crippen molar-refractivity contribution >= 4 is 5.78 Å². The van der Waals surface area contributed by atoms with Gasteiger partial charge in [0, 0.05) is 12.0 Å². The maximum absolute atomic E-state index is 12.1. The van der Waals surface area contributed by atoms with Gasteiger partial charge in [-0.15, -0.1) is 0 Å². The summed E-state index contributed by atoms with van der Waals surface area (Å²) >= 11 is 0. The van der Waals surface area contributed by atoms with E-state index in [0.717, 1.165) is 18.4 Å². The van der Waals surface area contributed by atoms with Gasteiger partial charge >= 0.3 is 0 Å². The normalized spacial score (nSPS) is 11.2. The lowest BCUT2D eigenvalue weighted by Gasteiger charge is -2.11. The third-order valence-electron chi connectivity index (χ3n) is 3.53. The van der Waals surface area contributed by atoms with Gasteiger partial charge in [0.05, 0.1) is 0 Å². The summed E-state index contributed by atoms with van der Waals surface area (Å²) in [5.41, 5.74) is 2.16. The number of benzene rings is 1. The maximum Gasteiger partial charge on any atom is 0.163 e. The number of carbonyl (C=O) groups is 1. The highest BCUT2D eigenvalue weighted by atomic mass is 16.1. The van der Waals surface area contributed by atoms with Gasteiger partial charge in [0.15, 0.2) is 5.78 Å². The van der Waals surface area contributed by atoms with E-state index in [2.05, 4.69) is 39.8 Å². The van der Waals surface area contributed by atoms with Crippen LogP contribution in [0.1, 0.15) is 68.8 Å². The van der Waals surface area contributed by atoms with Crippen molar-refractivity contribution in [1.82, 2.24) is 0 Å². The Kier molecular flexibility index (Phi) is 5.40. The first-order valence-electron chi connectivity index (χ1n) is 6.71. The molecule has 0 saturated carbocycles. The Bertz CT molecular complexity index is 344. The van der Waals surface area contributed by atoms with Crippen molar-refractivity contribution < 1.29 is 4.79 Å². The van der Waals surface area contributed by atoms with Gasteiger partial charge in [-0.25, -0.2) is 0 Å². The van der Waals surface area contributed by atoms with E-state index in [1.54, 1.807) is 0 Å². The highest BCUT2D eigenvalue weighted by molar-refractivity contribution is 5.96. The van der Waals surface area contributed by atoms with Crippen molar-refractivity contribution in [3.05, 3.63) is 35.4 Å². The minimum atomic E-state index is 0.286. The standard InChI is InChI=1S/C16H24O/c1-5-13(6-2)11-16(17)15-9-7-14(8-10-15)12(3)4/h7-10,12-13H,5-6,11H2,1-4H3. The minimum Gasteiger partial charge on any atom is -0.294 e. The Labute approximate surface area is 105 Å². The van der Waals surface area contributed by atoms with E-state index in [9.17, 15) is 4.79 Å². The fourth-order valence-corrected chi connectivity index (χ4v) is 2.01. The smallest absolute Gasteiger partial charge is 0.163 e. The Hall–Kier alpha value is -1.11. The number of carbonyl (C=O) groups excluding carboxylic acids is 1. The van der Waals surface area contributed by atoms with Crippen molar-refractivity contribution in [2.24, 2.45) is 5.92 Å². The molecule has 1 heteroatoms. The van der Waals surface area contributed by atoms with Gasteiger partial charge in [0.1, 0.15) is 0 Å². The Morgan fingerprint density at radius 2 is 1.59 bits per heavy atom.